The van der Waals surface area contributed by atoms with Crippen molar-refractivity contribution in [3.63, 3.8) is 0 Å². The van der Waals surface area contributed by atoms with Crippen LogP contribution < -0.4 is 0 Å². The summed E-state index contributed by atoms with van der Waals surface area (Å²) in [5, 5.41) is 0. The van der Waals surface area contributed by atoms with E-state index in [9.17, 15) is 9.59 Å². The van der Waals surface area contributed by atoms with Crippen LogP contribution in [0, 0.1) is 5.92 Å². The van der Waals surface area contributed by atoms with Gasteiger partial charge in [0.05, 0.1) is 7.11 Å². The maximum absolute atomic E-state index is 12.1. The van der Waals surface area contributed by atoms with Gasteiger partial charge in [0, 0.05) is 10.5 Å². The molecule has 1 rings (SSSR count). The van der Waals surface area contributed by atoms with Gasteiger partial charge in [-0.1, -0.05) is 26.0 Å². The van der Waals surface area contributed by atoms with E-state index < -0.39 is 11.9 Å². The molecule has 1 aromatic carbocycles. The van der Waals surface area contributed by atoms with Crippen LogP contribution >= 0.6 is 11.8 Å². The van der Waals surface area contributed by atoms with E-state index in [0.29, 0.717) is 12.0 Å². The number of carbonyl (C=O) groups excluding carboxylic acids is 2. The zero-order valence-electron chi connectivity index (χ0n) is 10.9. The number of hydrogen-bond donors (Lipinski definition) is 0. The number of ketones is 1. The Morgan fingerprint density at radius 2 is 1.83 bits per heavy atom. The fourth-order valence-corrected chi connectivity index (χ4v) is 2.35. The summed E-state index contributed by atoms with van der Waals surface area (Å²) < 4.78 is 4.64. The number of rotatable bonds is 6. The van der Waals surface area contributed by atoms with Crippen molar-refractivity contribution in [3.05, 3.63) is 29.8 Å². The minimum Gasteiger partial charge on any atom is -0.468 e. The maximum Gasteiger partial charge on any atom is 0.316 e. The van der Waals surface area contributed by atoms with Gasteiger partial charge < -0.3 is 4.74 Å². The molecule has 0 saturated carbocycles. The Labute approximate surface area is 112 Å². The number of carbonyl (C=O) groups is 2. The second-order valence-corrected chi connectivity index (χ2v) is 5.14. The molecular weight excluding hydrogens is 248 g/mol. The van der Waals surface area contributed by atoms with Gasteiger partial charge in [0.15, 0.2) is 5.78 Å². The van der Waals surface area contributed by atoms with Gasteiger partial charge in [-0.15, -0.1) is 11.8 Å². The molecule has 98 valence electrons. The van der Waals surface area contributed by atoms with Crippen molar-refractivity contribution in [2.45, 2.75) is 25.2 Å². The number of ether oxygens (including phenoxy) is 1. The van der Waals surface area contributed by atoms with Crippen molar-refractivity contribution in [2.75, 3.05) is 12.9 Å². The van der Waals surface area contributed by atoms with E-state index >= 15 is 0 Å². The average molecular weight is 266 g/mol. The standard InChI is InChI=1S/C14H18O3S/c1-4-12(14(16)17-3)13(15)10-6-8-11(9-7-10)18-5-2/h6-9,12H,4-5H2,1-3H3. The normalized spacial score (nSPS) is 11.9. The van der Waals surface area contributed by atoms with Gasteiger partial charge in [-0.05, 0) is 24.3 Å². The lowest BCUT2D eigenvalue weighted by Gasteiger charge is -2.11. The highest BCUT2D eigenvalue weighted by Crippen LogP contribution is 2.20. The fraction of sp³-hybridized carbons (Fsp3) is 0.429. The van der Waals surface area contributed by atoms with Gasteiger partial charge >= 0.3 is 5.97 Å². The Morgan fingerprint density at radius 1 is 1.22 bits per heavy atom. The molecule has 0 bridgehead atoms. The fourth-order valence-electron chi connectivity index (χ4n) is 1.68. The highest BCUT2D eigenvalue weighted by molar-refractivity contribution is 7.99. The third kappa shape index (κ3) is 3.60. The van der Waals surface area contributed by atoms with E-state index in [0.717, 1.165) is 10.6 Å². The molecule has 0 aromatic heterocycles. The SMILES string of the molecule is CCSc1ccc(C(=O)C(CC)C(=O)OC)cc1. The first-order valence-electron chi connectivity index (χ1n) is 5.98. The number of thioether (sulfide) groups is 1. The highest BCUT2D eigenvalue weighted by atomic mass is 32.2. The Balaban J connectivity index is 2.85. The third-order valence-corrected chi connectivity index (χ3v) is 3.55. The van der Waals surface area contributed by atoms with E-state index in [-0.39, 0.29) is 5.78 Å². The van der Waals surface area contributed by atoms with Gasteiger partial charge in [-0.2, -0.15) is 0 Å². The minimum absolute atomic E-state index is 0.169. The summed E-state index contributed by atoms with van der Waals surface area (Å²) in [5.74, 6) is -0.334. The largest absolute Gasteiger partial charge is 0.468 e. The van der Waals surface area contributed by atoms with Gasteiger partial charge in [0.2, 0.25) is 0 Å². The van der Waals surface area contributed by atoms with E-state index in [1.807, 2.05) is 12.1 Å². The summed E-state index contributed by atoms with van der Waals surface area (Å²) >= 11 is 1.72. The van der Waals surface area contributed by atoms with Crippen molar-refractivity contribution >= 4 is 23.5 Å². The second-order valence-electron chi connectivity index (χ2n) is 3.81. The van der Waals surface area contributed by atoms with Crippen LogP contribution in [0.1, 0.15) is 30.6 Å². The maximum atomic E-state index is 12.1. The predicted molar refractivity (Wildman–Crippen MR) is 73.0 cm³/mol. The molecule has 0 N–H and O–H groups in total. The Bertz CT molecular complexity index is 412. The minimum atomic E-state index is -0.695. The van der Waals surface area contributed by atoms with Crippen molar-refractivity contribution in [1.29, 1.82) is 0 Å². The molecule has 18 heavy (non-hydrogen) atoms. The predicted octanol–water partition coefficient (Wildman–Crippen LogP) is 3.18. The molecule has 0 saturated heterocycles. The molecule has 3 nitrogen and oxygen atoms in total. The summed E-state index contributed by atoms with van der Waals surface area (Å²) in [4.78, 5) is 24.7. The van der Waals surface area contributed by atoms with Crippen LogP contribution in [0.5, 0.6) is 0 Å². The first-order chi connectivity index (χ1) is 8.63. The Hall–Kier alpha value is -1.29. The topological polar surface area (TPSA) is 43.4 Å². The molecule has 0 aliphatic carbocycles. The first-order valence-corrected chi connectivity index (χ1v) is 6.97. The summed E-state index contributed by atoms with van der Waals surface area (Å²) in [6.07, 6.45) is 0.455. The molecule has 0 aliphatic heterocycles. The van der Waals surface area contributed by atoms with Crippen LogP contribution in [0.2, 0.25) is 0 Å². The molecule has 1 atom stereocenters. The molecule has 0 heterocycles. The highest BCUT2D eigenvalue weighted by Gasteiger charge is 2.26. The van der Waals surface area contributed by atoms with E-state index in [4.69, 9.17) is 0 Å². The lowest BCUT2D eigenvalue weighted by Crippen LogP contribution is -2.24. The first kappa shape index (κ1) is 14.8. The van der Waals surface area contributed by atoms with Gasteiger partial charge in [0.1, 0.15) is 5.92 Å². The molecule has 0 amide bonds. The lowest BCUT2D eigenvalue weighted by atomic mass is 9.95. The molecule has 0 fully saturated rings. The number of hydrogen-bond acceptors (Lipinski definition) is 4. The van der Waals surface area contributed by atoms with E-state index in [2.05, 4.69) is 11.7 Å². The average Bonchev–Trinajstić information content (AvgIpc) is 2.40. The van der Waals surface area contributed by atoms with Crippen LogP contribution in [0.25, 0.3) is 0 Å². The summed E-state index contributed by atoms with van der Waals surface area (Å²) in [5.41, 5.74) is 0.563. The zero-order valence-corrected chi connectivity index (χ0v) is 11.8. The quantitative estimate of drug-likeness (QED) is 0.343. The second kappa shape index (κ2) is 7.21. The Kier molecular flexibility index (Phi) is 5.92. The van der Waals surface area contributed by atoms with Crippen molar-refractivity contribution in [3.8, 4) is 0 Å². The molecule has 1 aromatic rings. The molecule has 0 spiro atoms. The van der Waals surface area contributed by atoms with Gasteiger partial charge in [-0.3, -0.25) is 9.59 Å². The van der Waals surface area contributed by atoms with Crippen LogP contribution in [0.15, 0.2) is 29.2 Å². The van der Waals surface area contributed by atoms with E-state index in [1.165, 1.54) is 7.11 Å². The molecule has 0 radical (unpaired) electrons. The zero-order chi connectivity index (χ0) is 13.5. The van der Waals surface area contributed by atoms with Crippen LogP contribution in [0.3, 0.4) is 0 Å². The van der Waals surface area contributed by atoms with Crippen molar-refractivity contribution in [1.82, 2.24) is 0 Å². The molecule has 1 unspecified atom stereocenters. The van der Waals surface area contributed by atoms with Gasteiger partial charge in [-0.25, -0.2) is 0 Å². The number of Topliss-reactive ketones (excluding diaryl/α,β-unsaturated/α-hetero) is 1. The Morgan fingerprint density at radius 3 is 2.28 bits per heavy atom. The van der Waals surface area contributed by atoms with Crippen LogP contribution in [-0.4, -0.2) is 24.6 Å². The summed E-state index contributed by atoms with van der Waals surface area (Å²) in [7, 11) is 1.30. The van der Waals surface area contributed by atoms with Gasteiger partial charge in [0.25, 0.3) is 0 Å². The van der Waals surface area contributed by atoms with Crippen LogP contribution in [-0.2, 0) is 9.53 Å². The number of esters is 1. The van der Waals surface area contributed by atoms with Crippen molar-refractivity contribution < 1.29 is 14.3 Å². The summed E-state index contributed by atoms with van der Waals surface area (Å²) in [6.45, 7) is 3.88. The third-order valence-electron chi connectivity index (χ3n) is 2.66. The molecular formula is C14H18O3S. The van der Waals surface area contributed by atoms with E-state index in [1.54, 1.807) is 30.8 Å². The van der Waals surface area contributed by atoms with Crippen molar-refractivity contribution in [2.24, 2.45) is 5.92 Å². The number of benzene rings is 1. The summed E-state index contributed by atoms with van der Waals surface area (Å²) in [6, 6.07) is 7.36. The molecule has 0 aliphatic rings. The molecule has 4 heteroatoms. The van der Waals surface area contributed by atoms with Crippen LogP contribution in [0.4, 0.5) is 0 Å². The number of methoxy groups -OCH3 is 1. The smallest absolute Gasteiger partial charge is 0.316 e. The lowest BCUT2D eigenvalue weighted by molar-refractivity contribution is -0.143. The monoisotopic (exact) mass is 266 g/mol.